The summed E-state index contributed by atoms with van der Waals surface area (Å²) in [5.74, 6) is 0. The number of furan rings is 1. The lowest BCUT2D eigenvalue weighted by Crippen LogP contribution is -2.10. The minimum atomic E-state index is 0.897. The molecule has 0 spiro atoms. The number of hydrogen-bond acceptors (Lipinski definition) is 2. The van der Waals surface area contributed by atoms with E-state index in [1.807, 2.05) is 6.07 Å². The normalized spacial score (nSPS) is 11.3. The fraction of sp³-hybridized carbons (Fsp3) is 0. The third kappa shape index (κ3) is 4.92. The third-order valence-electron chi connectivity index (χ3n) is 9.27. The summed E-state index contributed by atoms with van der Waals surface area (Å²) in [5.41, 5.74) is 12.2. The standard InChI is InChI=1S/C46H31NO/c1-4-12-32(13-5-1)34-20-24-37(25-21-34)47(38-26-22-35(23-27-38)33-14-6-2-7-15-33)39-28-29-40-42(36-16-8-3-9-17-36)31-44-41-18-10-11-19-45(41)48-46(44)43(40)30-39/h1-31H. The average Bonchev–Trinajstić information content (AvgIpc) is 3.55. The Hall–Kier alpha value is -6.38. The molecule has 0 radical (unpaired) electrons. The Labute approximate surface area is 279 Å². The molecule has 0 saturated heterocycles. The van der Waals surface area contributed by atoms with Gasteiger partial charge in [-0.15, -0.1) is 0 Å². The van der Waals surface area contributed by atoms with Crippen LogP contribution >= 0.6 is 0 Å². The largest absolute Gasteiger partial charge is 0.455 e. The van der Waals surface area contributed by atoms with E-state index in [4.69, 9.17) is 4.42 Å². The van der Waals surface area contributed by atoms with Crippen molar-refractivity contribution in [2.45, 2.75) is 0 Å². The van der Waals surface area contributed by atoms with Gasteiger partial charge in [0, 0.05) is 33.2 Å². The van der Waals surface area contributed by atoms with E-state index in [2.05, 4.69) is 187 Å². The smallest absolute Gasteiger partial charge is 0.143 e. The highest BCUT2D eigenvalue weighted by Gasteiger charge is 2.19. The van der Waals surface area contributed by atoms with E-state index in [0.29, 0.717) is 0 Å². The maximum absolute atomic E-state index is 6.61. The quantitative estimate of drug-likeness (QED) is 0.185. The van der Waals surface area contributed by atoms with Crippen LogP contribution < -0.4 is 4.90 Å². The summed E-state index contributed by atoms with van der Waals surface area (Å²) in [6, 6.07) is 66.8. The van der Waals surface area contributed by atoms with Gasteiger partial charge in [-0.25, -0.2) is 0 Å². The summed E-state index contributed by atoms with van der Waals surface area (Å²) in [6.45, 7) is 0. The molecule has 0 aliphatic carbocycles. The first kappa shape index (κ1) is 27.9. The van der Waals surface area contributed by atoms with Crippen LogP contribution in [0, 0.1) is 0 Å². The van der Waals surface area contributed by atoms with E-state index in [1.165, 1.54) is 33.4 Å². The van der Waals surface area contributed by atoms with Crippen LogP contribution in [-0.4, -0.2) is 0 Å². The molecular weight excluding hydrogens is 583 g/mol. The van der Waals surface area contributed by atoms with Crippen molar-refractivity contribution >= 4 is 49.8 Å². The highest BCUT2D eigenvalue weighted by atomic mass is 16.3. The summed E-state index contributed by atoms with van der Waals surface area (Å²) < 4.78 is 6.61. The second-order valence-electron chi connectivity index (χ2n) is 12.2. The van der Waals surface area contributed by atoms with Gasteiger partial charge in [-0.1, -0.05) is 140 Å². The number of para-hydroxylation sites is 1. The van der Waals surface area contributed by atoms with Gasteiger partial charge in [0.05, 0.1) is 0 Å². The number of nitrogens with zero attached hydrogens (tertiary/aromatic N) is 1. The Balaban J connectivity index is 1.25. The van der Waals surface area contributed by atoms with Crippen molar-refractivity contribution in [3.63, 3.8) is 0 Å². The van der Waals surface area contributed by atoms with Gasteiger partial charge in [0.15, 0.2) is 0 Å². The van der Waals surface area contributed by atoms with Crippen LogP contribution in [0.1, 0.15) is 0 Å². The molecule has 48 heavy (non-hydrogen) atoms. The van der Waals surface area contributed by atoms with E-state index in [1.54, 1.807) is 0 Å². The molecule has 0 N–H and O–H groups in total. The number of benzene rings is 8. The van der Waals surface area contributed by atoms with Gasteiger partial charge in [-0.3, -0.25) is 0 Å². The molecular formula is C46H31NO. The lowest BCUT2D eigenvalue weighted by atomic mass is 9.94. The number of rotatable bonds is 6. The van der Waals surface area contributed by atoms with E-state index in [9.17, 15) is 0 Å². The SMILES string of the molecule is c1ccc(-c2ccc(N(c3ccc(-c4ccccc4)cc3)c3ccc4c(-c5ccccc5)cc5c6ccccc6oc5c4c3)cc2)cc1. The molecule has 0 amide bonds. The molecule has 1 aromatic heterocycles. The van der Waals surface area contributed by atoms with Crippen molar-refractivity contribution in [2.75, 3.05) is 4.90 Å². The summed E-state index contributed by atoms with van der Waals surface area (Å²) in [5, 5.41) is 4.50. The third-order valence-corrected chi connectivity index (χ3v) is 9.27. The van der Waals surface area contributed by atoms with Gasteiger partial charge in [0.2, 0.25) is 0 Å². The molecule has 0 unspecified atom stereocenters. The maximum atomic E-state index is 6.61. The maximum Gasteiger partial charge on any atom is 0.143 e. The first-order chi connectivity index (χ1) is 23.8. The first-order valence-corrected chi connectivity index (χ1v) is 16.3. The number of anilines is 3. The van der Waals surface area contributed by atoms with Crippen LogP contribution in [0.3, 0.4) is 0 Å². The fourth-order valence-electron chi connectivity index (χ4n) is 6.90. The van der Waals surface area contributed by atoms with Crippen molar-refractivity contribution in [3.8, 4) is 33.4 Å². The second-order valence-corrected chi connectivity index (χ2v) is 12.2. The predicted molar refractivity (Wildman–Crippen MR) is 202 cm³/mol. The van der Waals surface area contributed by atoms with Gasteiger partial charge < -0.3 is 9.32 Å². The van der Waals surface area contributed by atoms with E-state index < -0.39 is 0 Å². The monoisotopic (exact) mass is 613 g/mol. The van der Waals surface area contributed by atoms with Gasteiger partial charge in [-0.2, -0.15) is 0 Å². The Morgan fingerprint density at radius 2 is 0.771 bits per heavy atom. The predicted octanol–water partition coefficient (Wildman–Crippen LogP) is 13.2. The van der Waals surface area contributed by atoms with Crippen molar-refractivity contribution in [1.82, 2.24) is 0 Å². The molecule has 0 aliphatic rings. The first-order valence-electron chi connectivity index (χ1n) is 16.3. The van der Waals surface area contributed by atoms with Crippen LogP contribution in [0.15, 0.2) is 192 Å². The van der Waals surface area contributed by atoms with E-state index >= 15 is 0 Å². The summed E-state index contributed by atoms with van der Waals surface area (Å²) in [6.07, 6.45) is 0. The van der Waals surface area contributed by atoms with Gasteiger partial charge in [-0.05, 0) is 87.3 Å². The van der Waals surface area contributed by atoms with Crippen LogP contribution in [-0.2, 0) is 0 Å². The van der Waals surface area contributed by atoms with Gasteiger partial charge >= 0.3 is 0 Å². The van der Waals surface area contributed by atoms with Crippen molar-refractivity contribution in [3.05, 3.63) is 188 Å². The fourth-order valence-corrected chi connectivity index (χ4v) is 6.90. The molecule has 9 aromatic rings. The summed E-state index contributed by atoms with van der Waals surface area (Å²) >= 11 is 0. The van der Waals surface area contributed by atoms with Crippen LogP contribution in [0.5, 0.6) is 0 Å². The van der Waals surface area contributed by atoms with Gasteiger partial charge in [0.1, 0.15) is 11.2 Å². The Kier molecular flexibility index (Phi) is 6.84. The second kappa shape index (κ2) is 11.8. The summed E-state index contributed by atoms with van der Waals surface area (Å²) in [4.78, 5) is 2.34. The van der Waals surface area contributed by atoms with Crippen molar-refractivity contribution < 1.29 is 4.42 Å². The molecule has 0 bridgehead atoms. The molecule has 2 nitrogen and oxygen atoms in total. The zero-order chi connectivity index (χ0) is 31.9. The van der Waals surface area contributed by atoms with Crippen molar-refractivity contribution in [2.24, 2.45) is 0 Å². The molecule has 1 heterocycles. The molecule has 0 atom stereocenters. The molecule has 0 saturated carbocycles. The topological polar surface area (TPSA) is 16.4 Å². The van der Waals surface area contributed by atoms with E-state index in [0.717, 1.165) is 49.8 Å². The van der Waals surface area contributed by atoms with Gasteiger partial charge in [0.25, 0.3) is 0 Å². The van der Waals surface area contributed by atoms with Crippen molar-refractivity contribution in [1.29, 1.82) is 0 Å². The van der Waals surface area contributed by atoms with Crippen LogP contribution in [0.25, 0.3) is 66.1 Å². The Morgan fingerprint density at radius 3 is 1.35 bits per heavy atom. The molecule has 0 aliphatic heterocycles. The minimum absolute atomic E-state index is 0.897. The highest BCUT2D eigenvalue weighted by molar-refractivity contribution is 6.19. The lowest BCUT2D eigenvalue weighted by Gasteiger charge is -2.26. The number of fused-ring (bicyclic) bond motifs is 5. The molecule has 9 rings (SSSR count). The van der Waals surface area contributed by atoms with Crippen LogP contribution in [0.4, 0.5) is 17.1 Å². The van der Waals surface area contributed by atoms with Crippen LogP contribution in [0.2, 0.25) is 0 Å². The lowest BCUT2D eigenvalue weighted by molar-refractivity contribution is 0.672. The Bertz CT molecular complexity index is 2430. The molecule has 0 fully saturated rings. The van der Waals surface area contributed by atoms with E-state index in [-0.39, 0.29) is 0 Å². The summed E-state index contributed by atoms with van der Waals surface area (Å²) in [7, 11) is 0. The minimum Gasteiger partial charge on any atom is -0.455 e. The molecule has 8 aromatic carbocycles. The molecule has 2 heteroatoms. The number of hydrogen-bond donors (Lipinski definition) is 0. The zero-order valence-corrected chi connectivity index (χ0v) is 26.3. The average molecular weight is 614 g/mol. The highest BCUT2D eigenvalue weighted by Crippen LogP contribution is 2.43. The molecule has 226 valence electrons. The zero-order valence-electron chi connectivity index (χ0n) is 26.3. The Morgan fingerprint density at radius 1 is 0.312 bits per heavy atom.